The first-order valence-electron chi connectivity index (χ1n) is 5.81. The second kappa shape index (κ2) is 11.9. The number of hydrogen-bond acceptors (Lipinski definition) is 6. The van der Waals surface area contributed by atoms with E-state index >= 15 is 0 Å². The summed E-state index contributed by atoms with van der Waals surface area (Å²) in [5, 5.41) is 10.8. The van der Waals surface area contributed by atoms with Crippen LogP contribution in [0.5, 0.6) is 11.5 Å². The van der Waals surface area contributed by atoms with Gasteiger partial charge in [0.15, 0.2) is 11.5 Å². The molecule has 0 fully saturated rings. The van der Waals surface area contributed by atoms with Crippen LogP contribution in [0.25, 0.3) is 0 Å². The highest BCUT2D eigenvalue weighted by Crippen LogP contribution is 2.34. The molecule has 114 valence electrons. The van der Waals surface area contributed by atoms with Gasteiger partial charge in [-0.1, -0.05) is 13.8 Å². The van der Waals surface area contributed by atoms with Crippen LogP contribution in [0.2, 0.25) is 0 Å². The summed E-state index contributed by atoms with van der Waals surface area (Å²) < 4.78 is 14.9. The monoisotopic (exact) mass is 287 g/mol. The number of rotatable bonds is 5. The first-order valence-corrected chi connectivity index (χ1v) is 5.81. The van der Waals surface area contributed by atoms with Crippen LogP contribution < -0.4 is 9.47 Å². The molecule has 0 atom stereocenters. The van der Waals surface area contributed by atoms with Crippen molar-refractivity contribution in [2.45, 2.75) is 20.5 Å². The normalized spacial score (nSPS) is 8.45. The number of nitro groups is 1. The Labute approximate surface area is 118 Å². The van der Waals surface area contributed by atoms with Gasteiger partial charge in [0.1, 0.15) is 6.79 Å². The zero-order valence-electron chi connectivity index (χ0n) is 12.5. The molecule has 0 aliphatic carbocycles. The number of ether oxygens (including phenoxy) is 3. The van der Waals surface area contributed by atoms with Crippen LogP contribution in [0.3, 0.4) is 0 Å². The van der Waals surface area contributed by atoms with Crippen molar-refractivity contribution in [3.63, 3.8) is 0 Å². The van der Waals surface area contributed by atoms with Gasteiger partial charge in [-0.25, -0.2) is 0 Å². The molecular weight excluding hydrogens is 266 g/mol. The summed E-state index contributed by atoms with van der Waals surface area (Å²) in [6.07, 6.45) is 0. The fourth-order valence-corrected chi connectivity index (χ4v) is 1.35. The Morgan fingerprint density at radius 1 is 1.10 bits per heavy atom. The number of nitro benzene ring substituents is 1. The molecule has 0 unspecified atom stereocenters. The average molecular weight is 287 g/mol. The maximum Gasteiger partial charge on any atom is 0.278 e. The Hall–Kier alpha value is -2.15. The van der Waals surface area contributed by atoms with Crippen molar-refractivity contribution in [2.24, 2.45) is 0 Å². The molecular formula is C13H21NO6. The first-order chi connectivity index (χ1) is 9.63. The van der Waals surface area contributed by atoms with Crippen LogP contribution >= 0.6 is 0 Å². The second-order valence-electron chi connectivity index (χ2n) is 3.03. The lowest BCUT2D eigenvalue weighted by molar-refractivity contribution is -0.386. The SMILES string of the molecule is C=O.CC.COCc1cc(OC)c(OC)cc1[N+](=O)[O-]. The third-order valence-corrected chi connectivity index (χ3v) is 2.08. The largest absolute Gasteiger partial charge is 0.493 e. The Morgan fingerprint density at radius 3 is 1.90 bits per heavy atom. The topological polar surface area (TPSA) is 87.9 Å². The highest BCUT2D eigenvalue weighted by molar-refractivity contribution is 5.54. The van der Waals surface area contributed by atoms with E-state index in [-0.39, 0.29) is 12.3 Å². The molecule has 20 heavy (non-hydrogen) atoms. The molecule has 1 aromatic rings. The van der Waals surface area contributed by atoms with E-state index in [4.69, 9.17) is 19.0 Å². The first kappa shape index (κ1) is 20.2. The summed E-state index contributed by atoms with van der Waals surface area (Å²) in [5.74, 6) is 0.772. The second-order valence-corrected chi connectivity index (χ2v) is 3.03. The molecule has 0 saturated carbocycles. The number of carbonyl (C=O) groups is 1. The van der Waals surface area contributed by atoms with E-state index in [0.717, 1.165) is 0 Å². The number of benzene rings is 1. The van der Waals surface area contributed by atoms with Crippen molar-refractivity contribution in [3.05, 3.63) is 27.8 Å². The molecule has 0 aromatic heterocycles. The van der Waals surface area contributed by atoms with Gasteiger partial charge >= 0.3 is 0 Å². The lowest BCUT2D eigenvalue weighted by Gasteiger charge is -2.09. The molecule has 0 bridgehead atoms. The molecule has 0 heterocycles. The van der Waals surface area contributed by atoms with Crippen LogP contribution in [-0.4, -0.2) is 33.0 Å². The van der Waals surface area contributed by atoms with Crippen molar-refractivity contribution >= 4 is 12.5 Å². The van der Waals surface area contributed by atoms with Crippen molar-refractivity contribution in [1.29, 1.82) is 0 Å². The smallest absolute Gasteiger partial charge is 0.278 e. The predicted octanol–water partition coefficient (Wildman–Crippen LogP) is 2.60. The maximum atomic E-state index is 10.8. The van der Waals surface area contributed by atoms with Gasteiger partial charge in [0, 0.05) is 7.11 Å². The van der Waals surface area contributed by atoms with Crippen LogP contribution in [0.15, 0.2) is 12.1 Å². The Kier molecular flexibility index (Phi) is 12.0. The van der Waals surface area contributed by atoms with Crippen LogP contribution in [0, 0.1) is 10.1 Å². The molecule has 1 aromatic carbocycles. The predicted molar refractivity (Wildman–Crippen MR) is 75.4 cm³/mol. The third kappa shape index (κ3) is 5.66. The van der Waals surface area contributed by atoms with Crippen molar-refractivity contribution in [1.82, 2.24) is 0 Å². The summed E-state index contributed by atoms with van der Waals surface area (Å²) in [4.78, 5) is 18.3. The number of nitrogens with zero attached hydrogens (tertiary/aromatic N) is 1. The van der Waals surface area contributed by atoms with E-state index in [2.05, 4.69) is 0 Å². The number of methoxy groups -OCH3 is 3. The van der Waals surface area contributed by atoms with Gasteiger partial charge in [0.05, 0.1) is 37.4 Å². The molecule has 7 heteroatoms. The zero-order valence-corrected chi connectivity index (χ0v) is 12.5. The minimum atomic E-state index is -0.476. The molecule has 0 aliphatic rings. The van der Waals surface area contributed by atoms with E-state index < -0.39 is 4.92 Å². The van der Waals surface area contributed by atoms with Gasteiger partial charge in [0.25, 0.3) is 5.69 Å². The Morgan fingerprint density at radius 2 is 1.55 bits per heavy atom. The third-order valence-electron chi connectivity index (χ3n) is 2.08. The van der Waals surface area contributed by atoms with Crippen molar-refractivity contribution in [3.8, 4) is 11.5 Å². The molecule has 0 spiro atoms. The summed E-state index contributed by atoms with van der Waals surface area (Å²) in [7, 11) is 4.37. The van der Waals surface area contributed by atoms with Gasteiger partial charge < -0.3 is 19.0 Å². The van der Waals surface area contributed by atoms with E-state index in [0.29, 0.717) is 17.1 Å². The van der Waals surface area contributed by atoms with Crippen LogP contribution in [0.4, 0.5) is 5.69 Å². The van der Waals surface area contributed by atoms with E-state index in [1.807, 2.05) is 20.6 Å². The number of hydrogen-bond donors (Lipinski definition) is 0. The fourth-order valence-electron chi connectivity index (χ4n) is 1.35. The fraction of sp³-hybridized carbons (Fsp3) is 0.462. The Bertz CT molecular complexity index is 408. The number of carbonyl (C=O) groups excluding carboxylic acids is 1. The molecule has 1 rings (SSSR count). The summed E-state index contributed by atoms with van der Waals surface area (Å²) >= 11 is 0. The summed E-state index contributed by atoms with van der Waals surface area (Å²) in [5.41, 5.74) is 0.407. The minimum Gasteiger partial charge on any atom is -0.493 e. The quantitative estimate of drug-likeness (QED) is 0.611. The van der Waals surface area contributed by atoms with E-state index in [1.54, 1.807) is 6.07 Å². The zero-order chi connectivity index (χ0) is 16.1. The van der Waals surface area contributed by atoms with Gasteiger partial charge in [-0.3, -0.25) is 10.1 Å². The average Bonchev–Trinajstić information content (AvgIpc) is 2.50. The molecule has 0 aliphatic heterocycles. The Balaban J connectivity index is 0. The van der Waals surface area contributed by atoms with E-state index in [9.17, 15) is 10.1 Å². The lowest BCUT2D eigenvalue weighted by Crippen LogP contribution is -2.00. The van der Waals surface area contributed by atoms with E-state index in [1.165, 1.54) is 27.4 Å². The maximum absolute atomic E-state index is 10.8. The lowest BCUT2D eigenvalue weighted by atomic mass is 10.1. The van der Waals surface area contributed by atoms with Crippen LogP contribution in [0.1, 0.15) is 19.4 Å². The van der Waals surface area contributed by atoms with Gasteiger partial charge in [-0.05, 0) is 6.07 Å². The highest BCUT2D eigenvalue weighted by Gasteiger charge is 2.18. The minimum absolute atomic E-state index is 0.0421. The van der Waals surface area contributed by atoms with Crippen molar-refractivity contribution < 1.29 is 23.9 Å². The molecule has 0 amide bonds. The van der Waals surface area contributed by atoms with Crippen LogP contribution in [-0.2, 0) is 16.1 Å². The molecule has 0 radical (unpaired) electrons. The molecule has 0 N–H and O–H groups in total. The van der Waals surface area contributed by atoms with Crippen molar-refractivity contribution in [2.75, 3.05) is 21.3 Å². The molecule has 0 saturated heterocycles. The molecule has 7 nitrogen and oxygen atoms in total. The van der Waals surface area contributed by atoms with Gasteiger partial charge in [-0.2, -0.15) is 0 Å². The van der Waals surface area contributed by atoms with Gasteiger partial charge in [-0.15, -0.1) is 0 Å². The van der Waals surface area contributed by atoms with Gasteiger partial charge in [0.2, 0.25) is 0 Å². The standard InChI is InChI=1S/C10H13NO5.C2H6.CH2O/c1-14-6-7-4-9(15-2)10(16-3)5-8(7)11(12)13;2*1-2/h4-5H,6H2,1-3H3;1-2H3;1H2. The summed E-state index contributed by atoms with van der Waals surface area (Å²) in [6.45, 7) is 6.15. The highest BCUT2D eigenvalue weighted by atomic mass is 16.6. The summed E-state index contributed by atoms with van der Waals surface area (Å²) in [6, 6.07) is 2.87.